The molecule has 1 atom stereocenters. The van der Waals surface area contributed by atoms with Gasteiger partial charge in [-0.3, -0.25) is 13.9 Å². The summed E-state index contributed by atoms with van der Waals surface area (Å²) in [5.74, 6) is -0.787. The molecule has 3 aromatic carbocycles. The predicted molar refractivity (Wildman–Crippen MR) is 161 cm³/mol. The van der Waals surface area contributed by atoms with Crippen LogP contribution in [0.5, 0.6) is 11.5 Å². The van der Waals surface area contributed by atoms with E-state index in [1.165, 1.54) is 55.5 Å². The van der Waals surface area contributed by atoms with Crippen molar-refractivity contribution in [3.8, 4) is 11.5 Å². The average molecular weight is 600 g/mol. The third kappa shape index (κ3) is 8.94. The molecule has 0 saturated carbocycles. The molecular formula is C31H38FN3O6S. The Hall–Kier alpha value is -4.12. The number of anilines is 1. The Labute approximate surface area is 247 Å². The van der Waals surface area contributed by atoms with Crippen molar-refractivity contribution in [3.05, 3.63) is 89.7 Å². The fourth-order valence-electron chi connectivity index (χ4n) is 4.43. The van der Waals surface area contributed by atoms with Gasteiger partial charge in [-0.05, 0) is 41.8 Å². The molecule has 3 rings (SSSR count). The number of hydrogen-bond acceptors (Lipinski definition) is 6. The number of amides is 2. The van der Waals surface area contributed by atoms with Gasteiger partial charge in [0, 0.05) is 25.6 Å². The molecule has 0 fully saturated rings. The number of hydrogen-bond donors (Lipinski definition) is 1. The lowest BCUT2D eigenvalue weighted by molar-refractivity contribution is -0.140. The van der Waals surface area contributed by atoms with Gasteiger partial charge in [0.25, 0.3) is 0 Å². The van der Waals surface area contributed by atoms with Gasteiger partial charge in [-0.2, -0.15) is 0 Å². The number of nitrogens with one attached hydrogen (secondary N) is 1. The lowest BCUT2D eigenvalue weighted by atomic mass is 10.0. The van der Waals surface area contributed by atoms with Gasteiger partial charge in [0.2, 0.25) is 21.8 Å². The van der Waals surface area contributed by atoms with Gasteiger partial charge in [0.15, 0.2) is 0 Å². The van der Waals surface area contributed by atoms with Gasteiger partial charge in [-0.25, -0.2) is 12.8 Å². The Morgan fingerprint density at radius 3 is 2.24 bits per heavy atom. The van der Waals surface area contributed by atoms with Crippen LogP contribution in [0.3, 0.4) is 0 Å². The average Bonchev–Trinajstić information content (AvgIpc) is 2.98. The smallest absolute Gasteiger partial charge is 0.244 e. The molecule has 0 heterocycles. The number of benzene rings is 3. The fourth-order valence-corrected chi connectivity index (χ4v) is 5.29. The van der Waals surface area contributed by atoms with Crippen molar-refractivity contribution in [1.82, 2.24) is 10.2 Å². The number of nitrogens with zero attached hydrogens (tertiary/aromatic N) is 2. The van der Waals surface area contributed by atoms with Gasteiger partial charge < -0.3 is 19.7 Å². The first-order valence-corrected chi connectivity index (χ1v) is 15.5. The molecule has 0 aromatic heterocycles. The largest absolute Gasteiger partial charge is 0.497 e. The van der Waals surface area contributed by atoms with E-state index in [4.69, 9.17) is 9.47 Å². The maximum atomic E-state index is 14.1. The molecule has 2 amide bonds. The minimum atomic E-state index is -3.98. The Bertz CT molecular complexity index is 1430. The fraction of sp³-hybridized carbons (Fsp3) is 0.355. The van der Waals surface area contributed by atoms with Gasteiger partial charge >= 0.3 is 0 Å². The number of carbonyl (C=O) groups is 2. The van der Waals surface area contributed by atoms with Gasteiger partial charge in [0.05, 0.1) is 26.2 Å². The lowest BCUT2D eigenvalue weighted by Gasteiger charge is -2.33. The highest BCUT2D eigenvalue weighted by Crippen LogP contribution is 2.33. The highest BCUT2D eigenvalue weighted by Gasteiger charge is 2.33. The summed E-state index contributed by atoms with van der Waals surface area (Å²) in [5, 5.41) is 2.92. The molecule has 0 spiro atoms. The summed E-state index contributed by atoms with van der Waals surface area (Å²) in [4.78, 5) is 29.1. The van der Waals surface area contributed by atoms with E-state index < -0.39 is 34.3 Å². The molecular weight excluding hydrogens is 561 g/mol. The van der Waals surface area contributed by atoms with E-state index in [0.29, 0.717) is 17.9 Å². The topological polar surface area (TPSA) is 105 Å². The zero-order chi connectivity index (χ0) is 30.7. The highest BCUT2D eigenvalue weighted by molar-refractivity contribution is 7.92. The van der Waals surface area contributed by atoms with Crippen LogP contribution in [0.1, 0.15) is 30.9 Å². The van der Waals surface area contributed by atoms with Crippen LogP contribution >= 0.6 is 0 Å². The number of unbranched alkanes of at least 4 members (excludes halogenated alkanes) is 1. The number of ether oxygens (including phenoxy) is 2. The predicted octanol–water partition coefficient (Wildman–Crippen LogP) is 4.17. The standard InChI is InChI=1S/C31H38FN3O6S/c1-5-6-18-33-31(37)28(19-23-10-8-7-9-11-23)34(21-24-12-14-25(32)15-13-24)30(36)22-35(42(4,38)39)27-17-16-26(40-2)20-29(27)41-3/h7-17,20,28H,5-6,18-19,21-22H2,1-4H3,(H,33,37). The first kappa shape index (κ1) is 32.4. The molecule has 0 saturated heterocycles. The minimum Gasteiger partial charge on any atom is -0.497 e. The van der Waals surface area contributed by atoms with Crippen molar-refractivity contribution in [3.63, 3.8) is 0 Å². The molecule has 1 N–H and O–H groups in total. The first-order valence-electron chi connectivity index (χ1n) is 13.6. The van der Waals surface area contributed by atoms with Crippen LogP contribution < -0.4 is 19.1 Å². The zero-order valence-corrected chi connectivity index (χ0v) is 25.2. The van der Waals surface area contributed by atoms with Crippen LogP contribution in [0.4, 0.5) is 10.1 Å². The van der Waals surface area contributed by atoms with Gasteiger partial charge in [-0.15, -0.1) is 0 Å². The van der Waals surface area contributed by atoms with Crippen LogP contribution in [0.25, 0.3) is 0 Å². The summed E-state index contributed by atoms with van der Waals surface area (Å²) in [5.41, 5.74) is 1.54. The molecule has 1 unspecified atom stereocenters. The molecule has 3 aromatic rings. The molecule has 9 nitrogen and oxygen atoms in total. The summed E-state index contributed by atoms with van der Waals surface area (Å²) < 4.78 is 51.4. The molecule has 0 radical (unpaired) electrons. The number of halogens is 1. The summed E-state index contributed by atoms with van der Waals surface area (Å²) in [6, 6.07) is 18.5. The minimum absolute atomic E-state index is 0.0465. The molecule has 0 aliphatic carbocycles. The van der Waals surface area contributed by atoms with E-state index in [-0.39, 0.29) is 30.3 Å². The van der Waals surface area contributed by atoms with Crippen LogP contribution in [0.2, 0.25) is 0 Å². The number of methoxy groups -OCH3 is 2. The Kier molecular flexibility index (Phi) is 11.7. The van der Waals surface area contributed by atoms with Crippen molar-refractivity contribution in [2.45, 2.75) is 38.8 Å². The second-order valence-corrected chi connectivity index (χ2v) is 11.7. The van der Waals surface area contributed by atoms with Crippen molar-refractivity contribution in [1.29, 1.82) is 0 Å². The second kappa shape index (κ2) is 15.2. The van der Waals surface area contributed by atoms with Crippen molar-refractivity contribution in [2.75, 3.05) is 37.9 Å². The van der Waals surface area contributed by atoms with E-state index in [0.717, 1.165) is 29.0 Å². The Morgan fingerprint density at radius 2 is 1.64 bits per heavy atom. The van der Waals surface area contributed by atoms with E-state index in [2.05, 4.69) is 5.32 Å². The molecule has 226 valence electrons. The van der Waals surface area contributed by atoms with Gasteiger partial charge in [-0.1, -0.05) is 55.8 Å². The number of sulfonamides is 1. The monoisotopic (exact) mass is 599 g/mol. The van der Waals surface area contributed by atoms with E-state index in [1.807, 2.05) is 37.3 Å². The van der Waals surface area contributed by atoms with Crippen molar-refractivity contribution >= 4 is 27.5 Å². The maximum absolute atomic E-state index is 14.1. The second-order valence-electron chi connectivity index (χ2n) is 9.81. The zero-order valence-electron chi connectivity index (χ0n) is 24.4. The number of rotatable bonds is 15. The summed E-state index contributed by atoms with van der Waals surface area (Å²) >= 11 is 0. The third-order valence-electron chi connectivity index (χ3n) is 6.70. The molecule has 11 heteroatoms. The highest BCUT2D eigenvalue weighted by atomic mass is 32.2. The Balaban J connectivity index is 2.06. The first-order chi connectivity index (χ1) is 20.1. The third-order valence-corrected chi connectivity index (χ3v) is 7.83. The van der Waals surface area contributed by atoms with Crippen LogP contribution in [0.15, 0.2) is 72.8 Å². The number of carbonyl (C=O) groups excluding carboxylic acids is 2. The summed E-state index contributed by atoms with van der Waals surface area (Å²) in [6.07, 6.45) is 2.81. The van der Waals surface area contributed by atoms with E-state index >= 15 is 0 Å². The SMILES string of the molecule is CCCCNC(=O)C(Cc1ccccc1)N(Cc1ccc(F)cc1)C(=O)CN(c1ccc(OC)cc1OC)S(C)(=O)=O. The van der Waals surface area contributed by atoms with Crippen molar-refractivity contribution < 1.29 is 31.9 Å². The molecule has 0 aliphatic rings. The van der Waals surface area contributed by atoms with Crippen LogP contribution in [-0.4, -0.2) is 64.7 Å². The van der Waals surface area contributed by atoms with Crippen LogP contribution in [0, 0.1) is 5.82 Å². The van der Waals surface area contributed by atoms with E-state index in [1.54, 1.807) is 6.07 Å². The molecule has 0 bridgehead atoms. The summed E-state index contributed by atoms with van der Waals surface area (Å²) in [6.45, 7) is 1.79. The lowest BCUT2D eigenvalue weighted by Crippen LogP contribution is -2.53. The Morgan fingerprint density at radius 1 is 0.952 bits per heavy atom. The van der Waals surface area contributed by atoms with Gasteiger partial charge in [0.1, 0.15) is 29.9 Å². The summed E-state index contributed by atoms with van der Waals surface area (Å²) in [7, 11) is -1.13. The van der Waals surface area contributed by atoms with Crippen molar-refractivity contribution in [2.24, 2.45) is 0 Å². The molecule has 0 aliphatic heterocycles. The quantitative estimate of drug-likeness (QED) is 0.263. The van der Waals surface area contributed by atoms with Crippen LogP contribution in [-0.2, 0) is 32.6 Å². The maximum Gasteiger partial charge on any atom is 0.244 e. The normalized spacial score (nSPS) is 11.8. The molecule has 42 heavy (non-hydrogen) atoms. The van der Waals surface area contributed by atoms with E-state index in [9.17, 15) is 22.4 Å².